The Labute approximate surface area is 175 Å². The van der Waals surface area contributed by atoms with Crippen molar-refractivity contribution in [3.05, 3.63) is 94.0 Å². The fourth-order valence-electron chi connectivity index (χ4n) is 2.75. The first-order chi connectivity index (χ1) is 13.7. The minimum Gasteiger partial charge on any atom is -0.348 e. The van der Waals surface area contributed by atoms with E-state index in [-0.39, 0.29) is 16.4 Å². The first kappa shape index (κ1) is 20.9. The summed E-state index contributed by atoms with van der Waals surface area (Å²) in [7, 11) is -3.83. The van der Waals surface area contributed by atoms with Crippen LogP contribution in [0.25, 0.3) is 0 Å². The highest BCUT2D eigenvalue weighted by atomic mass is 35.5. The van der Waals surface area contributed by atoms with Gasteiger partial charge in [-0.3, -0.25) is 9.52 Å². The molecule has 0 atom stereocenters. The highest BCUT2D eigenvalue weighted by Crippen LogP contribution is 2.21. The molecule has 0 aliphatic heterocycles. The summed E-state index contributed by atoms with van der Waals surface area (Å²) in [6.45, 7) is 3.93. The van der Waals surface area contributed by atoms with Crippen LogP contribution in [0.2, 0.25) is 5.02 Å². The second kappa shape index (κ2) is 8.68. The standard InChI is InChI=1S/C22H21ClN2O3S/c1-15-3-11-20(12-4-15)25-29(27,28)21-13-18(8-5-16(21)2)22(26)24-14-17-6-9-19(23)10-7-17/h3-13,25H,14H2,1-2H3,(H,24,26). The van der Waals surface area contributed by atoms with Crippen molar-refractivity contribution in [2.24, 2.45) is 0 Å². The molecule has 0 aliphatic rings. The molecule has 0 radical (unpaired) electrons. The Morgan fingerprint density at radius 1 is 0.931 bits per heavy atom. The zero-order chi connectivity index (χ0) is 21.0. The van der Waals surface area contributed by atoms with Gasteiger partial charge in [0.15, 0.2) is 0 Å². The predicted octanol–water partition coefficient (Wildman–Crippen LogP) is 4.69. The quantitative estimate of drug-likeness (QED) is 0.598. The molecule has 5 nitrogen and oxygen atoms in total. The first-order valence-corrected chi connectivity index (χ1v) is 10.8. The Morgan fingerprint density at radius 3 is 2.24 bits per heavy atom. The number of carbonyl (C=O) groups is 1. The van der Waals surface area contributed by atoms with Crippen LogP contribution in [0, 0.1) is 13.8 Å². The Kier molecular flexibility index (Phi) is 6.25. The van der Waals surface area contributed by atoms with Crippen LogP contribution < -0.4 is 10.0 Å². The second-order valence-corrected chi connectivity index (χ2v) is 8.85. The van der Waals surface area contributed by atoms with Gasteiger partial charge in [-0.25, -0.2) is 8.42 Å². The maximum Gasteiger partial charge on any atom is 0.262 e. The Morgan fingerprint density at radius 2 is 1.59 bits per heavy atom. The van der Waals surface area contributed by atoms with E-state index in [9.17, 15) is 13.2 Å². The van der Waals surface area contributed by atoms with Crippen LogP contribution in [0.1, 0.15) is 27.0 Å². The molecule has 0 aliphatic carbocycles. The molecule has 3 rings (SSSR count). The highest BCUT2D eigenvalue weighted by molar-refractivity contribution is 7.92. The number of halogens is 1. The van der Waals surface area contributed by atoms with Gasteiger partial charge < -0.3 is 5.32 Å². The summed E-state index contributed by atoms with van der Waals surface area (Å²) >= 11 is 5.86. The molecule has 1 amide bonds. The Bertz CT molecular complexity index is 1130. The molecular weight excluding hydrogens is 408 g/mol. The number of aryl methyl sites for hydroxylation is 2. The van der Waals surface area contributed by atoms with Crippen LogP contribution in [0.3, 0.4) is 0 Å². The minimum absolute atomic E-state index is 0.0669. The maximum atomic E-state index is 12.8. The van der Waals surface area contributed by atoms with Crippen molar-refractivity contribution in [3.8, 4) is 0 Å². The Hall–Kier alpha value is -2.83. The fraction of sp³-hybridized carbons (Fsp3) is 0.136. The summed E-state index contributed by atoms with van der Waals surface area (Å²) in [6, 6.07) is 18.8. The van der Waals surface area contributed by atoms with Gasteiger partial charge in [-0.15, -0.1) is 0 Å². The van der Waals surface area contributed by atoms with E-state index in [1.165, 1.54) is 6.07 Å². The average Bonchev–Trinajstić information content (AvgIpc) is 2.69. The lowest BCUT2D eigenvalue weighted by molar-refractivity contribution is 0.0950. The van der Waals surface area contributed by atoms with Crippen LogP contribution in [0.5, 0.6) is 0 Å². The normalized spacial score (nSPS) is 11.1. The summed E-state index contributed by atoms with van der Waals surface area (Å²) in [5.41, 5.74) is 3.22. The molecule has 0 bridgehead atoms. The van der Waals surface area contributed by atoms with Crippen molar-refractivity contribution < 1.29 is 13.2 Å². The van der Waals surface area contributed by atoms with Crippen molar-refractivity contribution in [1.82, 2.24) is 5.32 Å². The van der Waals surface area contributed by atoms with Gasteiger partial charge in [-0.2, -0.15) is 0 Å². The molecule has 3 aromatic rings. The second-order valence-electron chi connectivity index (χ2n) is 6.76. The van der Waals surface area contributed by atoms with Crippen molar-refractivity contribution in [3.63, 3.8) is 0 Å². The largest absolute Gasteiger partial charge is 0.348 e. The van der Waals surface area contributed by atoms with Gasteiger partial charge in [0.1, 0.15) is 0 Å². The lowest BCUT2D eigenvalue weighted by Gasteiger charge is -2.12. The molecule has 0 unspecified atom stereocenters. The average molecular weight is 429 g/mol. The lowest BCUT2D eigenvalue weighted by Crippen LogP contribution is -2.23. The molecule has 150 valence electrons. The zero-order valence-corrected chi connectivity index (χ0v) is 17.6. The monoisotopic (exact) mass is 428 g/mol. The molecular formula is C22H21ClN2O3S. The molecule has 0 fully saturated rings. The predicted molar refractivity (Wildman–Crippen MR) is 116 cm³/mol. The zero-order valence-electron chi connectivity index (χ0n) is 16.1. The third-order valence-electron chi connectivity index (χ3n) is 4.41. The third-order valence-corrected chi connectivity index (χ3v) is 6.19. The van der Waals surface area contributed by atoms with Gasteiger partial charge in [0.2, 0.25) is 0 Å². The minimum atomic E-state index is -3.83. The van der Waals surface area contributed by atoms with E-state index in [0.29, 0.717) is 22.8 Å². The SMILES string of the molecule is Cc1ccc(NS(=O)(=O)c2cc(C(=O)NCc3ccc(Cl)cc3)ccc2C)cc1. The number of amides is 1. The topological polar surface area (TPSA) is 75.3 Å². The van der Waals surface area contributed by atoms with Crippen molar-refractivity contribution in [2.45, 2.75) is 25.3 Å². The molecule has 0 spiro atoms. The van der Waals surface area contributed by atoms with E-state index < -0.39 is 10.0 Å². The molecule has 7 heteroatoms. The van der Waals surface area contributed by atoms with Gasteiger partial charge in [0.05, 0.1) is 4.90 Å². The molecule has 0 saturated heterocycles. The van der Waals surface area contributed by atoms with Crippen LogP contribution in [0.15, 0.2) is 71.6 Å². The summed E-state index contributed by atoms with van der Waals surface area (Å²) in [6.07, 6.45) is 0. The highest BCUT2D eigenvalue weighted by Gasteiger charge is 2.19. The first-order valence-electron chi connectivity index (χ1n) is 8.97. The van der Waals surface area contributed by atoms with E-state index in [1.807, 2.05) is 31.2 Å². The van der Waals surface area contributed by atoms with E-state index >= 15 is 0 Å². The van der Waals surface area contributed by atoms with Crippen molar-refractivity contribution in [2.75, 3.05) is 4.72 Å². The summed E-state index contributed by atoms with van der Waals surface area (Å²) in [5, 5.41) is 3.41. The number of rotatable bonds is 6. The number of nitrogens with one attached hydrogen (secondary N) is 2. The van der Waals surface area contributed by atoms with E-state index in [2.05, 4.69) is 10.0 Å². The maximum absolute atomic E-state index is 12.8. The van der Waals surface area contributed by atoms with Gasteiger partial charge in [-0.05, 0) is 61.4 Å². The van der Waals surface area contributed by atoms with Crippen molar-refractivity contribution in [1.29, 1.82) is 0 Å². The van der Waals surface area contributed by atoms with E-state index in [0.717, 1.165) is 11.1 Å². The number of anilines is 1. The van der Waals surface area contributed by atoms with Crippen LogP contribution in [0.4, 0.5) is 5.69 Å². The van der Waals surface area contributed by atoms with Crippen LogP contribution >= 0.6 is 11.6 Å². The number of benzene rings is 3. The molecule has 0 saturated carbocycles. The van der Waals surface area contributed by atoms with Gasteiger partial charge in [0, 0.05) is 22.8 Å². The molecule has 0 aromatic heterocycles. The summed E-state index contributed by atoms with van der Waals surface area (Å²) in [4.78, 5) is 12.6. The Balaban J connectivity index is 1.78. The molecule has 2 N–H and O–H groups in total. The van der Waals surface area contributed by atoms with Gasteiger partial charge in [0.25, 0.3) is 15.9 Å². The van der Waals surface area contributed by atoms with E-state index in [4.69, 9.17) is 11.6 Å². The third kappa shape index (κ3) is 5.37. The molecule has 0 heterocycles. The smallest absolute Gasteiger partial charge is 0.262 e. The molecule has 29 heavy (non-hydrogen) atoms. The number of hydrogen-bond acceptors (Lipinski definition) is 3. The summed E-state index contributed by atoms with van der Waals surface area (Å²) < 4.78 is 28.2. The van der Waals surface area contributed by atoms with Crippen molar-refractivity contribution >= 4 is 33.2 Å². The van der Waals surface area contributed by atoms with Gasteiger partial charge >= 0.3 is 0 Å². The lowest BCUT2D eigenvalue weighted by atomic mass is 10.1. The number of hydrogen-bond donors (Lipinski definition) is 2. The summed E-state index contributed by atoms with van der Waals surface area (Å²) in [5.74, 6) is -0.355. The van der Waals surface area contributed by atoms with Gasteiger partial charge in [-0.1, -0.05) is 47.5 Å². The van der Waals surface area contributed by atoms with Crippen LogP contribution in [-0.2, 0) is 16.6 Å². The number of sulfonamides is 1. The molecule has 3 aromatic carbocycles. The van der Waals surface area contributed by atoms with Crippen LogP contribution in [-0.4, -0.2) is 14.3 Å². The van der Waals surface area contributed by atoms with E-state index in [1.54, 1.807) is 43.3 Å². The number of carbonyl (C=O) groups excluding carboxylic acids is 1. The fourth-order valence-corrected chi connectivity index (χ4v) is 4.21.